The van der Waals surface area contributed by atoms with Crippen molar-refractivity contribution in [3.05, 3.63) is 59.1 Å². The summed E-state index contributed by atoms with van der Waals surface area (Å²) in [6.45, 7) is 0. The van der Waals surface area contributed by atoms with E-state index in [0.29, 0.717) is 22.1 Å². The van der Waals surface area contributed by atoms with Crippen LogP contribution in [0.4, 0.5) is 0 Å². The summed E-state index contributed by atoms with van der Waals surface area (Å²) in [5, 5.41) is 2.90. The highest BCUT2D eigenvalue weighted by Gasteiger charge is 2.17. The van der Waals surface area contributed by atoms with Crippen molar-refractivity contribution < 1.29 is 14.2 Å². The first-order chi connectivity index (χ1) is 12.2. The van der Waals surface area contributed by atoms with Crippen LogP contribution in [0.2, 0.25) is 0 Å². The fraction of sp³-hybridized carbons (Fsp3) is 0.158. The summed E-state index contributed by atoms with van der Waals surface area (Å²) in [6, 6.07) is 13.7. The van der Waals surface area contributed by atoms with Crippen LogP contribution in [0.5, 0.6) is 17.2 Å². The summed E-state index contributed by atoms with van der Waals surface area (Å²) in [4.78, 5) is 5.31. The molecule has 2 aromatic carbocycles. The second-order valence-electron chi connectivity index (χ2n) is 5.15. The molecule has 0 fully saturated rings. The van der Waals surface area contributed by atoms with Crippen LogP contribution in [0.25, 0.3) is 10.6 Å². The maximum absolute atomic E-state index is 5.64. The highest BCUT2D eigenvalue weighted by atomic mass is 32.1. The van der Waals surface area contributed by atoms with Crippen LogP contribution < -0.4 is 14.2 Å². The molecule has 25 heavy (non-hydrogen) atoms. The molecule has 0 amide bonds. The monoisotopic (exact) mass is 371 g/mol. The van der Waals surface area contributed by atoms with Gasteiger partial charge in [-0.2, -0.15) is 0 Å². The minimum absolute atomic E-state index is 0.541. The summed E-state index contributed by atoms with van der Waals surface area (Å²) in [7, 11) is 4.74. The van der Waals surface area contributed by atoms with E-state index in [4.69, 9.17) is 26.4 Å². The molecule has 3 aromatic rings. The lowest BCUT2D eigenvalue weighted by Crippen LogP contribution is -2.03. The fourth-order valence-corrected chi connectivity index (χ4v) is 3.57. The van der Waals surface area contributed by atoms with Crippen molar-refractivity contribution in [2.45, 2.75) is 0 Å². The van der Waals surface area contributed by atoms with E-state index in [0.717, 1.165) is 21.8 Å². The third-order valence-corrected chi connectivity index (χ3v) is 5.02. The number of methoxy groups -OCH3 is 3. The number of thiocarbonyl (C=S) groups is 1. The van der Waals surface area contributed by atoms with E-state index in [2.05, 4.69) is 4.98 Å². The number of ether oxygens (including phenoxy) is 3. The van der Waals surface area contributed by atoms with Gasteiger partial charge in [-0.25, -0.2) is 4.98 Å². The maximum atomic E-state index is 5.64. The number of aromatic nitrogens is 1. The van der Waals surface area contributed by atoms with Gasteiger partial charge < -0.3 is 14.2 Å². The standard InChI is InChI=1S/C19H17NO3S2/c1-21-15-9-13(10-16(22-2)17(15)23-3)18(24)14-11-25-19(20-14)12-7-5-4-6-8-12/h4-11H,1-3H3. The van der Waals surface area contributed by atoms with E-state index in [9.17, 15) is 0 Å². The molecule has 0 saturated heterocycles. The molecule has 0 saturated carbocycles. The lowest BCUT2D eigenvalue weighted by atomic mass is 10.1. The SMILES string of the molecule is COc1cc(C(=S)c2csc(-c3ccccc3)n2)cc(OC)c1OC. The Bertz CT molecular complexity index is 866. The highest BCUT2D eigenvalue weighted by molar-refractivity contribution is 7.81. The van der Waals surface area contributed by atoms with Gasteiger partial charge in [0.25, 0.3) is 0 Å². The van der Waals surface area contributed by atoms with Gasteiger partial charge in [0.1, 0.15) is 5.01 Å². The molecule has 0 spiro atoms. The largest absolute Gasteiger partial charge is 0.493 e. The molecule has 0 radical (unpaired) electrons. The lowest BCUT2D eigenvalue weighted by Gasteiger charge is -2.14. The zero-order valence-corrected chi connectivity index (χ0v) is 15.7. The summed E-state index contributed by atoms with van der Waals surface area (Å²) < 4.78 is 16.1. The summed E-state index contributed by atoms with van der Waals surface area (Å²) in [6.07, 6.45) is 0. The Morgan fingerprint density at radius 2 is 1.60 bits per heavy atom. The van der Waals surface area contributed by atoms with Crippen LogP contribution in [0.1, 0.15) is 11.3 Å². The van der Waals surface area contributed by atoms with Crippen LogP contribution >= 0.6 is 23.6 Å². The molecule has 0 unspecified atom stereocenters. The Labute approximate surface area is 156 Å². The highest BCUT2D eigenvalue weighted by Crippen LogP contribution is 2.39. The number of rotatable bonds is 6. The Hall–Kier alpha value is -2.44. The molecule has 0 atom stereocenters. The molecule has 6 heteroatoms. The first kappa shape index (κ1) is 17.4. The molecule has 0 aliphatic heterocycles. The molecule has 1 heterocycles. The van der Waals surface area contributed by atoms with Crippen LogP contribution in [-0.2, 0) is 0 Å². The van der Waals surface area contributed by atoms with Crippen molar-refractivity contribution in [2.75, 3.05) is 21.3 Å². The van der Waals surface area contributed by atoms with E-state index in [1.165, 1.54) is 0 Å². The van der Waals surface area contributed by atoms with Gasteiger partial charge in [0, 0.05) is 16.5 Å². The van der Waals surface area contributed by atoms with Crippen molar-refractivity contribution >= 4 is 28.4 Å². The zero-order chi connectivity index (χ0) is 17.8. The van der Waals surface area contributed by atoms with Gasteiger partial charge in [-0.1, -0.05) is 42.5 Å². The average molecular weight is 371 g/mol. The third-order valence-electron chi connectivity index (χ3n) is 3.68. The molecule has 0 aliphatic carbocycles. The van der Waals surface area contributed by atoms with Crippen molar-refractivity contribution in [3.63, 3.8) is 0 Å². The summed E-state index contributed by atoms with van der Waals surface area (Å²) in [5.74, 6) is 1.68. The number of thiazole rings is 1. The molecule has 0 bridgehead atoms. The second-order valence-corrected chi connectivity index (χ2v) is 6.41. The predicted molar refractivity (Wildman–Crippen MR) is 104 cm³/mol. The molecule has 4 nitrogen and oxygen atoms in total. The number of benzene rings is 2. The smallest absolute Gasteiger partial charge is 0.203 e. The first-order valence-electron chi connectivity index (χ1n) is 7.53. The van der Waals surface area contributed by atoms with Crippen LogP contribution in [0.15, 0.2) is 47.8 Å². The van der Waals surface area contributed by atoms with E-state index in [1.807, 2.05) is 47.8 Å². The van der Waals surface area contributed by atoms with Gasteiger partial charge in [0.2, 0.25) is 5.75 Å². The van der Waals surface area contributed by atoms with Crippen LogP contribution in [-0.4, -0.2) is 31.2 Å². The van der Waals surface area contributed by atoms with Crippen molar-refractivity contribution in [1.82, 2.24) is 4.98 Å². The van der Waals surface area contributed by atoms with Crippen molar-refractivity contribution in [2.24, 2.45) is 0 Å². The Morgan fingerprint density at radius 1 is 0.960 bits per heavy atom. The second kappa shape index (κ2) is 7.63. The van der Waals surface area contributed by atoms with Gasteiger partial charge >= 0.3 is 0 Å². The van der Waals surface area contributed by atoms with E-state index < -0.39 is 0 Å². The van der Waals surface area contributed by atoms with Crippen LogP contribution in [0.3, 0.4) is 0 Å². The molecule has 128 valence electrons. The van der Waals surface area contributed by atoms with E-state index in [1.54, 1.807) is 32.7 Å². The zero-order valence-electron chi connectivity index (χ0n) is 14.1. The Morgan fingerprint density at radius 3 is 2.16 bits per heavy atom. The number of hydrogen-bond acceptors (Lipinski definition) is 6. The molecule has 0 aliphatic rings. The maximum Gasteiger partial charge on any atom is 0.203 e. The predicted octanol–water partition coefficient (Wildman–Crippen LogP) is 4.60. The molecule has 1 aromatic heterocycles. The number of hydrogen-bond donors (Lipinski definition) is 0. The minimum Gasteiger partial charge on any atom is -0.493 e. The van der Waals surface area contributed by atoms with E-state index in [-0.39, 0.29) is 0 Å². The summed E-state index contributed by atoms with van der Waals surface area (Å²) in [5.41, 5.74) is 2.63. The normalized spacial score (nSPS) is 10.4. The quantitative estimate of drug-likeness (QED) is 0.468. The van der Waals surface area contributed by atoms with Gasteiger partial charge in [-0.05, 0) is 12.1 Å². The third kappa shape index (κ3) is 3.50. The average Bonchev–Trinajstić information content (AvgIpc) is 3.17. The summed E-state index contributed by atoms with van der Waals surface area (Å²) >= 11 is 7.20. The van der Waals surface area contributed by atoms with E-state index >= 15 is 0 Å². The van der Waals surface area contributed by atoms with Gasteiger partial charge in [0.15, 0.2) is 11.5 Å². The van der Waals surface area contributed by atoms with Crippen molar-refractivity contribution in [3.8, 4) is 27.8 Å². The Balaban J connectivity index is 1.97. The number of nitrogens with zero attached hydrogens (tertiary/aromatic N) is 1. The van der Waals surface area contributed by atoms with Crippen LogP contribution in [0, 0.1) is 0 Å². The molecular weight excluding hydrogens is 354 g/mol. The van der Waals surface area contributed by atoms with Gasteiger partial charge in [-0.3, -0.25) is 0 Å². The van der Waals surface area contributed by atoms with Gasteiger partial charge in [0.05, 0.1) is 31.9 Å². The van der Waals surface area contributed by atoms with Crippen molar-refractivity contribution in [1.29, 1.82) is 0 Å². The first-order valence-corrected chi connectivity index (χ1v) is 8.82. The Kier molecular flexibility index (Phi) is 5.31. The molecular formula is C19H17NO3S2. The topological polar surface area (TPSA) is 40.6 Å². The fourth-order valence-electron chi connectivity index (χ4n) is 2.45. The molecule has 3 rings (SSSR count). The lowest BCUT2D eigenvalue weighted by molar-refractivity contribution is 0.324. The van der Waals surface area contributed by atoms with Gasteiger partial charge in [-0.15, -0.1) is 11.3 Å². The minimum atomic E-state index is 0.541. The molecule has 0 N–H and O–H groups in total.